The number of carbonyl (C=O) groups is 1. The Kier molecular flexibility index (Phi) is 7.16. The van der Waals surface area contributed by atoms with Crippen molar-refractivity contribution in [3.05, 3.63) is 63.7 Å². The molecule has 2 rings (SSSR count). The summed E-state index contributed by atoms with van der Waals surface area (Å²) in [5.74, 6) is -8.42. The van der Waals surface area contributed by atoms with Crippen LogP contribution in [0.25, 0.3) is 0 Å². The van der Waals surface area contributed by atoms with E-state index >= 15 is 0 Å². The highest BCUT2D eigenvalue weighted by molar-refractivity contribution is 7.33. The summed E-state index contributed by atoms with van der Waals surface area (Å²) >= 11 is 0. The summed E-state index contributed by atoms with van der Waals surface area (Å²) < 4.78 is 80.8. The van der Waals surface area contributed by atoms with Crippen molar-refractivity contribution in [2.45, 2.75) is 33.5 Å². The maximum Gasteiger partial charge on any atom is 0.750 e. The summed E-state index contributed by atoms with van der Waals surface area (Å²) in [5.41, 5.74) is 5.86. The Labute approximate surface area is 164 Å². The number of nitrogens with two attached hydrogens (primary N) is 1. The van der Waals surface area contributed by atoms with E-state index in [4.69, 9.17) is 15.0 Å². The van der Waals surface area contributed by atoms with Gasteiger partial charge in [0.25, 0.3) is 5.75 Å². The number of benzene rings is 2. The van der Waals surface area contributed by atoms with Crippen molar-refractivity contribution in [2.24, 2.45) is 5.73 Å². The molecule has 0 aliphatic heterocycles. The van der Waals surface area contributed by atoms with Crippen LogP contribution in [-0.4, -0.2) is 6.09 Å². The quantitative estimate of drug-likeness (QED) is 0.365. The molecule has 29 heavy (non-hydrogen) atoms. The lowest BCUT2D eigenvalue weighted by molar-refractivity contribution is 0.116. The van der Waals surface area contributed by atoms with Crippen LogP contribution in [0.3, 0.4) is 0 Å². The fraction of sp³-hybridized carbons (Fsp3) is 0.278. The van der Waals surface area contributed by atoms with Gasteiger partial charge in [0.2, 0.25) is 11.6 Å². The standard InChI is InChI=1S/C18H16F4NO5P/c1-8-4-5-11(10(3)27-18(23)24)6-12(8)7-26-29(25)28-17-15(21)13(19)9(2)14(20)16(17)22/h4-6,10H,7H2,1-3H3,(H-,23,24)/p+1. The summed E-state index contributed by atoms with van der Waals surface area (Å²) in [6.45, 7) is 3.81. The summed E-state index contributed by atoms with van der Waals surface area (Å²) in [6.07, 6.45) is -1.63. The van der Waals surface area contributed by atoms with E-state index in [1.165, 1.54) is 0 Å². The van der Waals surface area contributed by atoms with Gasteiger partial charge >= 0.3 is 14.3 Å². The van der Waals surface area contributed by atoms with Gasteiger partial charge < -0.3 is 10.5 Å². The maximum absolute atomic E-state index is 13.8. The van der Waals surface area contributed by atoms with Gasteiger partial charge in [-0.3, -0.25) is 0 Å². The molecular weight excluding hydrogens is 417 g/mol. The van der Waals surface area contributed by atoms with Crippen LogP contribution in [-0.2, 0) is 20.4 Å². The van der Waals surface area contributed by atoms with Crippen LogP contribution in [0.5, 0.6) is 5.75 Å². The van der Waals surface area contributed by atoms with Crippen molar-refractivity contribution in [1.82, 2.24) is 0 Å². The minimum atomic E-state index is -3.17. The second kappa shape index (κ2) is 9.19. The molecule has 2 N–H and O–H groups in total. The van der Waals surface area contributed by atoms with E-state index in [1.807, 2.05) is 0 Å². The van der Waals surface area contributed by atoms with Crippen molar-refractivity contribution in [2.75, 3.05) is 0 Å². The van der Waals surface area contributed by atoms with Crippen LogP contribution in [0.15, 0.2) is 18.2 Å². The molecule has 0 bridgehead atoms. The normalized spacial score (nSPS) is 12.4. The Morgan fingerprint density at radius 2 is 1.69 bits per heavy atom. The molecule has 2 aromatic carbocycles. The molecule has 0 fully saturated rings. The number of amides is 1. The van der Waals surface area contributed by atoms with Gasteiger partial charge in [0.1, 0.15) is 12.7 Å². The lowest BCUT2D eigenvalue weighted by Crippen LogP contribution is -2.15. The van der Waals surface area contributed by atoms with Gasteiger partial charge in [0.05, 0.1) is 0 Å². The molecule has 2 aromatic rings. The summed E-state index contributed by atoms with van der Waals surface area (Å²) in [4.78, 5) is 10.9. The number of halogens is 4. The van der Waals surface area contributed by atoms with Crippen LogP contribution >= 0.6 is 8.25 Å². The van der Waals surface area contributed by atoms with Crippen molar-refractivity contribution >= 4 is 14.3 Å². The molecule has 6 nitrogen and oxygen atoms in total. The van der Waals surface area contributed by atoms with Gasteiger partial charge in [-0.2, -0.15) is 8.78 Å². The van der Waals surface area contributed by atoms with Gasteiger partial charge in [-0.25, -0.2) is 18.1 Å². The Hall–Kier alpha value is -2.71. The molecule has 0 aliphatic carbocycles. The van der Waals surface area contributed by atoms with Crippen LogP contribution in [0.4, 0.5) is 22.4 Å². The maximum atomic E-state index is 13.8. The third-order valence-electron chi connectivity index (χ3n) is 4.07. The minimum Gasteiger partial charge on any atom is -0.442 e. The number of hydrogen-bond acceptors (Lipinski definition) is 5. The summed E-state index contributed by atoms with van der Waals surface area (Å²) in [7, 11) is -3.17. The number of primary amides is 1. The number of ether oxygens (including phenoxy) is 1. The van der Waals surface area contributed by atoms with E-state index in [2.05, 4.69) is 4.52 Å². The summed E-state index contributed by atoms with van der Waals surface area (Å²) in [6, 6.07) is 4.93. The molecule has 156 valence electrons. The molecule has 0 aliphatic rings. The van der Waals surface area contributed by atoms with Gasteiger partial charge in [-0.15, -0.1) is 4.52 Å². The highest BCUT2D eigenvalue weighted by Gasteiger charge is 2.33. The fourth-order valence-corrected chi connectivity index (χ4v) is 2.97. The smallest absolute Gasteiger partial charge is 0.442 e. The van der Waals surface area contributed by atoms with Crippen molar-refractivity contribution in [1.29, 1.82) is 0 Å². The zero-order valence-corrected chi connectivity index (χ0v) is 16.5. The highest BCUT2D eigenvalue weighted by atomic mass is 31.1. The predicted molar refractivity (Wildman–Crippen MR) is 94.3 cm³/mol. The highest BCUT2D eigenvalue weighted by Crippen LogP contribution is 2.37. The molecule has 0 saturated carbocycles. The van der Waals surface area contributed by atoms with E-state index < -0.39 is 55.0 Å². The number of aryl methyl sites for hydroxylation is 1. The van der Waals surface area contributed by atoms with E-state index in [0.29, 0.717) is 16.7 Å². The largest absolute Gasteiger partial charge is 0.750 e. The van der Waals surface area contributed by atoms with E-state index in [1.54, 1.807) is 32.0 Å². The molecule has 11 heteroatoms. The first-order chi connectivity index (χ1) is 13.5. The lowest BCUT2D eigenvalue weighted by Gasteiger charge is -2.13. The van der Waals surface area contributed by atoms with E-state index in [0.717, 1.165) is 6.92 Å². The summed E-state index contributed by atoms with van der Waals surface area (Å²) in [5, 5.41) is 0. The Morgan fingerprint density at radius 1 is 1.10 bits per heavy atom. The predicted octanol–water partition coefficient (Wildman–Crippen LogP) is 5.27. The first-order valence-corrected chi connectivity index (χ1v) is 9.28. The van der Waals surface area contributed by atoms with Crippen LogP contribution in [0, 0.1) is 37.1 Å². The third kappa shape index (κ3) is 5.21. The average Bonchev–Trinajstić information content (AvgIpc) is 2.67. The zero-order valence-electron chi connectivity index (χ0n) is 15.6. The third-order valence-corrected chi connectivity index (χ3v) is 4.74. The fourth-order valence-electron chi connectivity index (χ4n) is 2.37. The molecular formula is C18H17F4NO5P+. The van der Waals surface area contributed by atoms with Crippen molar-refractivity contribution < 1.29 is 40.7 Å². The van der Waals surface area contributed by atoms with Gasteiger partial charge in [0, 0.05) is 10.1 Å². The second-order valence-corrected chi connectivity index (χ2v) is 6.95. The lowest BCUT2D eigenvalue weighted by atomic mass is 10.0. The molecule has 0 aromatic heterocycles. The Bertz CT molecular complexity index is 941. The molecule has 2 unspecified atom stereocenters. The molecule has 0 heterocycles. The SMILES string of the molecule is Cc1ccc(C(C)OC(N)=O)cc1CO[P+](=O)Oc1c(F)c(F)c(C)c(F)c1F. The van der Waals surface area contributed by atoms with Crippen molar-refractivity contribution in [3.8, 4) is 5.75 Å². The average molecular weight is 434 g/mol. The van der Waals surface area contributed by atoms with Gasteiger partial charge in [0.15, 0.2) is 11.6 Å². The van der Waals surface area contributed by atoms with Crippen LogP contribution < -0.4 is 10.3 Å². The molecule has 1 amide bonds. The van der Waals surface area contributed by atoms with Gasteiger partial charge in [-0.05, 0) is 43.5 Å². The second-order valence-electron chi connectivity index (χ2n) is 6.06. The number of rotatable bonds is 7. The topological polar surface area (TPSA) is 87.9 Å². The number of carbonyl (C=O) groups excluding carboxylic acids is 1. The molecule has 2 atom stereocenters. The molecule has 0 radical (unpaired) electrons. The monoisotopic (exact) mass is 434 g/mol. The van der Waals surface area contributed by atoms with Crippen LogP contribution in [0.1, 0.15) is 35.3 Å². The molecule has 0 spiro atoms. The van der Waals surface area contributed by atoms with Crippen LogP contribution in [0.2, 0.25) is 0 Å². The Morgan fingerprint density at radius 3 is 2.24 bits per heavy atom. The minimum absolute atomic E-state index is 0.321. The number of hydrogen-bond donors (Lipinski definition) is 1. The van der Waals surface area contributed by atoms with E-state index in [9.17, 15) is 26.9 Å². The zero-order chi connectivity index (χ0) is 21.9. The first-order valence-electron chi connectivity index (χ1n) is 8.19. The first kappa shape index (κ1) is 22.6. The van der Waals surface area contributed by atoms with Crippen molar-refractivity contribution in [3.63, 3.8) is 0 Å². The van der Waals surface area contributed by atoms with E-state index in [-0.39, 0.29) is 6.61 Å². The Balaban J connectivity index is 2.13. The molecule has 0 saturated heterocycles. The van der Waals surface area contributed by atoms with Gasteiger partial charge in [-0.1, -0.05) is 12.1 Å².